The summed E-state index contributed by atoms with van der Waals surface area (Å²) in [5, 5.41) is 14.1. The van der Waals surface area contributed by atoms with E-state index in [1.165, 1.54) is 11.3 Å². The van der Waals surface area contributed by atoms with Crippen molar-refractivity contribution in [2.24, 2.45) is 5.73 Å². The van der Waals surface area contributed by atoms with Gasteiger partial charge in [0.05, 0.1) is 33.8 Å². The Bertz CT molecular complexity index is 1080. The topological polar surface area (TPSA) is 122 Å². The number of aromatic nitrogens is 1. The molecule has 0 radical (unpaired) electrons. The molecule has 0 spiro atoms. The number of aliphatic hydroxyl groups excluding tert-OH is 1. The molecule has 3 rings (SSSR count). The lowest BCUT2D eigenvalue weighted by atomic mass is 10.1. The standard InChI is InChI=1S/C22H27N3O4S2/c1-2-8-18(20(26)22-25-17-11-6-7-12-19(17)30-22)24-21(27)16(23)14-31(28,29)13-15-9-4-3-5-10-15/h3-7,9-12,16,18,20,26H,2,8,13-14,23H2,1H3,(H,24,27). The molecule has 1 amide bonds. The smallest absolute Gasteiger partial charge is 0.238 e. The summed E-state index contributed by atoms with van der Waals surface area (Å²) in [6, 6.07) is 14.5. The lowest BCUT2D eigenvalue weighted by Crippen LogP contribution is -2.50. The van der Waals surface area contributed by atoms with Gasteiger partial charge in [0.1, 0.15) is 11.1 Å². The fourth-order valence-corrected chi connectivity index (χ4v) is 5.87. The summed E-state index contributed by atoms with van der Waals surface area (Å²) in [5.41, 5.74) is 7.34. The zero-order chi connectivity index (χ0) is 22.4. The highest BCUT2D eigenvalue weighted by Gasteiger charge is 2.29. The molecule has 7 nitrogen and oxygen atoms in total. The van der Waals surface area contributed by atoms with Crippen molar-refractivity contribution in [1.29, 1.82) is 0 Å². The summed E-state index contributed by atoms with van der Waals surface area (Å²) in [6.45, 7) is 1.94. The van der Waals surface area contributed by atoms with Crippen molar-refractivity contribution in [3.63, 3.8) is 0 Å². The minimum atomic E-state index is -3.58. The van der Waals surface area contributed by atoms with Crippen LogP contribution in [-0.2, 0) is 20.4 Å². The summed E-state index contributed by atoms with van der Waals surface area (Å²) in [7, 11) is -3.58. The van der Waals surface area contributed by atoms with Crippen LogP contribution in [0.15, 0.2) is 54.6 Å². The molecule has 1 aromatic heterocycles. The molecule has 0 aliphatic carbocycles. The molecule has 0 fully saturated rings. The van der Waals surface area contributed by atoms with E-state index in [0.29, 0.717) is 23.4 Å². The van der Waals surface area contributed by atoms with Crippen LogP contribution in [0.5, 0.6) is 0 Å². The number of amides is 1. The van der Waals surface area contributed by atoms with Gasteiger partial charge in [-0.2, -0.15) is 0 Å². The number of benzene rings is 2. The molecule has 0 aliphatic heterocycles. The summed E-state index contributed by atoms with van der Waals surface area (Å²) in [5.74, 6) is -1.25. The predicted octanol–water partition coefficient (Wildman–Crippen LogP) is 2.56. The Labute approximate surface area is 186 Å². The highest BCUT2D eigenvalue weighted by molar-refractivity contribution is 7.90. The monoisotopic (exact) mass is 461 g/mol. The number of aliphatic hydroxyl groups is 1. The van der Waals surface area contributed by atoms with E-state index >= 15 is 0 Å². The van der Waals surface area contributed by atoms with Gasteiger partial charge in [-0.15, -0.1) is 11.3 Å². The normalized spacial score (nSPS) is 14.8. The van der Waals surface area contributed by atoms with E-state index < -0.39 is 39.7 Å². The second kappa shape index (κ2) is 10.3. The second-order valence-corrected chi connectivity index (χ2v) is 10.7. The molecule has 4 N–H and O–H groups in total. The van der Waals surface area contributed by atoms with E-state index in [1.54, 1.807) is 30.3 Å². The fraction of sp³-hybridized carbons (Fsp3) is 0.364. The Morgan fingerprint density at radius 1 is 1.16 bits per heavy atom. The summed E-state index contributed by atoms with van der Waals surface area (Å²) < 4.78 is 25.9. The Kier molecular flexibility index (Phi) is 7.77. The van der Waals surface area contributed by atoms with Gasteiger partial charge in [-0.1, -0.05) is 55.8 Å². The first-order valence-electron chi connectivity index (χ1n) is 10.1. The number of nitrogens with two attached hydrogens (primary N) is 1. The number of sulfone groups is 1. The van der Waals surface area contributed by atoms with Gasteiger partial charge < -0.3 is 16.2 Å². The first kappa shape index (κ1) is 23.3. The van der Waals surface area contributed by atoms with Crippen LogP contribution in [0.3, 0.4) is 0 Å². The Morgan fingerprint density at radius 3 is 2.52 bits per heavy atom. The number of rotatable bonds is 10. The molecule has 0 bridgehead atoms. The lowest BCUT2D eigenvalue weighted by molar-refractivity contribution is -0.123. The van der Waals surface area contributed by atoms with Gasteiger partial charge in [-0.25, -0.2) is 13.4 Å². The molecule has 1 heterocycles. The molecule has 2 aromatic carbocycles. The number of nitrogens with zero attached hydrogens (tertiary/aromatic N) is 1. The van der Waals surface area contributed by atoms with Crippen molar-refractivity contribution >= 4 is 37.3 Å². The highest BCUT2D eigenvalue weighted by atomic mass is 32.2. The van der Waals surface area contributed by atoms with Crippen LogP contribution in [0.25, 0.3) is 10.2 Å². The van der Waals surface area contributed by atoms with Crippen LogP contribution in [0.4, 0.5) is 0 Å². The summed E-state index contributed by atoms with van der Waals surface area (Å²) >= 11 is 1.37. The van der Waals surface area contributed by atoms with E-state index in [9.17, 15) is 18.3 Å². The van der Waals surface area contributed by atoms with E-state index in [1.807, 2.05) is 31.2 Å². The Morgan fingerprint density at radius 2 is 1.84 bits per heavy atom. The van der Waals surface area contributed by atoms with Gasteiger partial charge in [0, 0.05) is 0 Å². The van der Waals surface area contributed by atoms with Gasteiger partial charge in [0.15, 0.2) is 9.84 Å². The number of hydrogen-bond acceptors (Lipinski definition) is 7. The third kappa shape index (κ3) is 6.33. The minimum Gasteiger partial charge on any atom is -0.384 e. The number of hydrogen-bond donors (Lipinski definition) is 3. The van der Waals surface area contributed by atoms with Gasteiger partial charge >= 0.3 is 0 Å². The molecule has 166 valence electrons. The van der Waals surface area contributed by atoms with Gasteiger partial charge in [0.25, 0.3) is 0 Å². The van der Waals surface area contributed by atoms with Crippen molar-refractivity contribution < 1.29 is 18.3 Å². The van der Waals surface area contributed by atoms with E-state index in [-0.39, 0.29) is 5.75 Å². The molecule has 9 heteroatoms. The Hall–Kier alpha value is -2.33. The zero-order valence-corrected chi connectivity index (χ0v) is 18.9. The second-order valence-electron chi connectivity index (χ2n) is 7.52. The zero-order valence-electron chi connectivity index (χ0n) is 17.3. The predicted molar refractivity (Wildman–Crippen MR) is 123 cm³/mol. The van der Waals surface area contributed by atoms with Gasteiger partial charge in [-0.3, -0.25) is 4.79 Å². The first-order chi connectivity index (χ1) is 14.8. The van der Waals surface area contributed by atoms with Crippen molar-refractivity contribution in [1.82, 2.24) is 10.3 Å². The van der Waals surface area contributed by atoms with Crippen molar-refractivity contribution in [2.45, 2.75) is 43.7 Å². The third-order valence-electron chi connectivity index (χ3n) is 4.87. The molecular weight excluding hydrogens is 434 g/mol. The largest absolute Gasteiger partial charge is 0.384 e. The summed E-state index contributed by atoms with van der Waals surface area (Å²) in [4.78, 5) is 17.1. The highest BCUT2D eigenvalue weighted by Crippen LogP contribution is 2.29. The maximum atomic E-state index is 12.6. The van der Waals surface area contributed by atoms with E-state index in [4.69, 9.17) is 5.73 Å². The van der Waals surface area contributed by atoms with E-state index in [0.717, 1.165) is 10.2 Å². The molecule has 3 unspecified atom stereocenters. The van der Waals surface area contributed by atoms with Gasteiger partial charge in [-0.05, 0) is 24.1 Å². The minimum absolute atomic E-state index is 0.179. The van der Waals surface area contributed by atoms with Crippen LogP contribution in [0.2, 0.25) is 0 Å². The fourth-order valence-electron chi connectivity index (χ4n) is 3.33. The summed E-state index contributed by atoms with van der Waals surface area (Å²) in [6.07, 6.45) is 0.218. The number of carbonyl (C=O) groups is 1. The average molecular weight is 462 g/mol. The molecule has 31 heavy (non-hydrogen) atoms. The molecule has 0 saturated heterocycles. The maximum absolute atomic E-state index is 12.6. The van der Waals surface area contributed by atoms with E-state index in [2.05, 4.69) is 10.3 Å². The number of para-hydroxylation sites is 1. The molecule has 0 aliphatic rings. The van der Waals surface area contributed by atoms with Crippen molar-refractivity contribution in [3.05, 3.63) is 65.2 Å². The van der Waals surface area contributed by atoms with Crippen LogP contribution in [0, 0.1) is 0 Å². The molecule has 3 aromatic rings. The number of thiazole rings is 1. The van der Waals surface area contributed by atoms with Crippen LogP contribution >= 0.6 is 11.3 Å². The lowest BCUT2D eigenvalue weighted by Gasteiger charge is -2.24. The molecular formula is C22H27N3O4S2. The quantitative estimate of drug-likeness (QED) is 0.426. The molecule has 3 atom stereocenters. The molecule has 0 saturated carbocycles. The van der Waals surface area contributed by atoms with Crippen LogP contribution < -0.4 is 11.1 Å². The number of carbonyl (C=O) groups excluding carboxylic acids is 1. The van der Waals surface area contributed by atoms with Crippen LogP contribution in [-0.4, -0.2) is 42.3 Å². The SMILES string of the molecule is CCCC(NC(=O)C(N)CS(=O)(=O)Cc1ccccc1)C(O)c1nc2ccccc2s1. The third-order valence-corrected chi connectivity index (χ3v) is 7.62. The number of nitrogens with one attached hydrogen (secondary N) is 1. The number of fused-ring (bicyclic) bond motifs is 1. The van der Waals surface area contributed by atoms with Crippen molar-refractivity contribution in [3.8, 4) is 0 Å². The first-order valence-corrected chi connectivity index (χ1v) is 12.8. The average Bonchev–Trinajstić information content (AvgIpc) is 3.17. The Balaban J connectivity index is 1.66. The maximum Gasteiger partial charge on any atom is 0.238 e. The van der Waals surface area contributed by atoms with Crippen LogP contribution in [0.1, 0.15) is 36.4 Å². The van der Waals surface area contributed by atoms with Crippen molar-refractivity contribution in [2.75, 3.05) is 5.75 Å². The van der Waals surface area contributed by atoms with Gasteiger partial charge in [0.2, 0.25) is 5.91 Å².